The maximum atomic E-state index is 13.1. The van der Waals surface area contributed by atoms with Crippen LogP contribution in [0.2, 0.25) is 0 Å². The third kappa shape index (κ3) is 4.86. The van der Waals surface area contributed by atoms with E-state index in [1.807, 2.05) is 23.6 Å². The molecule has 180 valence electrons. The van der Waals surface area contributed by atoms with Gasteiger partial charge in [-0.3, -0.25) is 15.1 Å². The Morgan fingerprint density at radius 3 is 2.57 bits per heavy atom. The maximum absolute atomic E-state index is 13.1. The van der Waals surface area contributed by atoms with Gasteiger partial charge in [-0.1, -0.05) is 6.07 Å². The molecule has 1 N–H and O–H groups in total. The summed E-state index contributed by atoms with van der Waals surface area (Å²) in [6.45, 7) is 3.19. The van der Waals surface area contributed by atoms with E-state index in [9.17, 15) is 13.2 Å². The summed E-state index contributed by atoms with van der Waals surface area (Å²) >= 11 is 1.30. The lowest BCUT2D eigenvalue weighted by atomic mass is 10.3. The highest BCUT2D eigenvalue weighted by Gasteiger charge is 2.26. The number of carbonyl (C=O) groups excluding carboxylic acids is 1. The molecule has 0 saturated carbocycles. The predicted octanol–water partition coefficient (Wildman–Crippen LogP) is 2.97. The summed E-state index contributed by atoms with van der Waals surface area (Å²) in [4.78, 5) is 22.0. The van der Waals surface area contributed by atoms with E-state index in [0.717, 1.165) is 5.69 Å². The largest absolute Gasteiger partial charge is 0.379 e. The average Bonchev–Trinajstić information content (AvgIpc) is 3.52. The number of hydrogen-bond acceptors (Lipinski definition) is 8. The average molecular weight is 511 g/mol. The highest BCUT2D eigenvalue weighted by molar-refractivity contribution is 7.89. The number of thiazole rings is 1. The lowest BCUT2D eigenvalue weighted by Crippen LogP contribution is -2.40. The van der Waals surface area contributed by atoms with Crippen LogP contribution in [0.1, 0.15) is 16.2 Å². The first kappa shape index (κ1) is 23.3. The number of hydrogen-bond donors (Lipinski definition) is 1. The molecule has 5 rings (SSSR count). The van der Waals surface area contributed by atoms with Crippen LogP contribution in [0.4, 0.5) is 5.13 Å². The van der Waals surface area contributed by atoms with E-state index in [0.29, 0.717) is 54.2 Å². The lowest BCUT2D eigenvalue weighted by molar-refractivity contribution is 0.0730. The second-order valence-corrected chi connectivity index (χ2v) is 10.6. The Balaban J connectivity index is 1.36. The first-order valence-corrected chi connectivity index (χ1v) is 13.2. The van der Waals surface area contributed by atoms with Crippen LogP contribution in [0.15, 0.2) is 65.0 Å². The molecular formula is C23H22N6O4S2. The molecule has 1 aliphatic rings. The molecule has 0 atom stereocenters. The van der Waals surface area contributed by atoms with Crippen LogP contribution in [-0.4, -0.2) is 64.7 Å². The van der Waals surface area contributed by atoms with Crippen LogP contribution in [0.25, 0.3) is 17.1 Å². The van der Waals surface area contributed by atoms with Gasteiger partial charge in [0.25, 0.3) is 5.91 Å². The monoisotopic (exact) mass is 510 g/mol. The highest BCUT2D eigenvalue weighted by Crippen LogP contribution is 2.25. The van der Waals surface area contributed by atoms with Gasteiger partial charge in [0.15, 0.2) is 5.13 Å². The summed E-state index contributed by atoms with van der Waals surface area (Å²) in [7, 11) is -3.61. The highest BCUT2D eigenvalue weighted by atomic mass is 32.2. The molecule has 1 amide bonds. The van der Waals surface area contributed by atoms with Gasteiger partial charge in [0.2, 0.25) is 10.0 Å². The summed E-state index contributed by atoms with van der Waals surface area (Å²) in [6, 6.07) is 13.5. The number of ether oxygens (including phenoxy) is 1. The zero-order valence-corrected chi connectivity index (χ0v) is 20.4. The number of nitrogens with one attached hydrogen (secondary N) is 1. The Labute approximate surface area is 206 Å². The number of amides is 1. The molecule has 1 fully saturated rings. The van der Waals surface area contributed by atoms with Gasteiger partial charge in [-0.05, 0) is 49.4 Å². The minimum absolute atomic E-state index is 0.183. The van der Waals surface area contributed by atoms with Crippen LogP contribution in [0.3, 0.4) is 0 Å². The molecule has 35 heavy (non-hydrogen) atoms. The molecule has 4 aromatic rings. The molecule has 0 bridgehead atoms. The number of nitrogens with zero attached hydrogens (tertiary/aromatic N) is 5. The van der Waals surface area contributed by atoms with Gasteiger partial charge in [0.05, 0.1) is 35.2 Å². The molecule has 1 aromatic carbocycles. The van der Waals surface area contributed by atoms with E-state index >= 15 is 0 Å². The van der Waals surface area contributed by atoms with Gasteiger partial charge >= 0.3 is 0 Å². The summed E-state index contributed by atoms with van der Waals surface area (Å²) in [5, 5.41) is 9.51. The minimum atomic E-state index is -3.61. The van der Waals surface area contributed by atoms with Gasteiger partial charge in [-0.15, -0.1) is 11.3 Å². The predicted molar refractivity (Wildman–Crippen MR) is 131 cm³/mol. The normalized spacial score (nSPS) is 14.7. The number of pyridine rings is 1. The minimum Gasteiger partial charge on any atom is -0.379 e. The Kier molecular flexibility index (Phi) is 6.43. The first-order valence-electron chi connectivity index (χ1n) is 10.8. The summed E-state index contributed by atoms with van der Waals surface area (Å²) in [5.41, 5.74) is 2.91. The van der Waals surface area contributed by atoms with E-state index in [4.69, 9.17) is 4.74 Å². The summed E-state index contributed by atoms with van der Waals surface area (Å²) in [5.74, 6) is -0.377. The molecule has 4 heterocycles. The van der Waals surface area contributed by atoms with Crippen molar-refractivity contribution in [2.75, 3.05) is 31.6 Å². The Morgan fingerprint density at radius 2 is 1.86 bits per heavy atom. The third-order valence-corrected chi connectivity index (χ3v) is 8.08. The van der Waals surface area contributed by atoms with Gasteiger partial charge in [0.1, 0.15) is 11.4 Å². The first-order chi connectivity index (χ1) is 16.9. The van der Waals surface area contributed by atoms with Gasteiger partial charge in [0, 0.05) is 24.7 Å². The molecule has 1 saturated heterocycles. The van der Waals surface area contributed by atoms with E-state index < -0.39 is 10.0 Å². The van der Waals surface area contributed by atoms with E-state index in [1.54, 1.807) is 31.3 Å². The third-order valence-electron chi connectivity index (χ3n) is 5.41. The zero-order chi connectivity index (χ0) is 24.4. The van der Waals surface area contributed by atoms with E-state index in [2.05, 4.69) is 20.4 Å². The van der Waals surface area contributed by atoms with Crippen LogP contribution >= 0.6 is 11.3 Å². The van der Waals surface area contributed by atoms with Crippen molar-refractivity contribution in [3.8, 4) is 17.1 Å². The Bertz CT molecular complexity index is 1440. The standard InChI is InChI=1S/C23H22N6O4S2/c1-16-14-21(22(30)26-23-25-20(15-34-23)19-4-2-3-9-24-19)29(27-16)17-5-7-18(8-6-17)35(31,32)28-10-12-33-13-11-28/h2-9,14-15H,10-13H2,1H3,(H,25,26,30). The van der Waals surface area contributed by atoms with E-state index in [1.165, 1.54) is 32.5 Å². The number of anilines is 1. The van der Waals surface area contributed by atoms with Crippen molar-refractivity contribution in [3.63, 3.8) is 0 Å². The van der Waals surface area contributed by atoms with E-state index in [-0.39, 0.29) is 10.8 Å². The van der Waals surface area contributed by atoms with Crippen molar-refractivity contribution in [2.45, 2.75) is 11.8 Å². The fourth-order valence-electron chi connectivity index (χ4n) is 3.68. The molecule has 3 aromatic heterocycles. The quantitative estimate of drug-likeness (QED) is 0.423. The molecule has 0 radical (unpaired) electrons. The smallest absolute Gasteiger partial charge is 0.276 e. The number of aryl methyl sites for hydroxylation is 1. The molecule has 10 nitrogen and oxygen atoms in total. The Hall–Kier alpha value is -3.45. The van der Waals surface area contributed by atoms with Crippen LogP contribution in [0.5, 0.6) is 0 Å². The van der Waals surface area contributed by atoms with Crippen molar-refractivity contribution >= 4 is 32.4 Å². The second-order valence-electron chi connectivity index (χ2n) is 7.80. The van der Waals surface area contributed by atoms with Gasteiger partial charge in [-0.25, -0.2) is 18.1 Å². The topological polar surface area (TPSA) is 119 Å². The van der Waals surface area contributed by atoms with Gasteiger partial charge in [-0.2, -0.15) is 9.40 Å². The fraction of sp³-hybridized carbons (Fsp3) is 0.217. The van der Waals surface area contributed by atoms with Crippen molar-refractivity contribution in [1.82, 2.24) is 24.1 Å². The SMILES string of the molecule is Cc1cc(C(=O)Nc2nc(-c3ccccn3)cs2)n(-c2ccc(S(=O)(=O)N3CCOCC3)cc2)n1. The van der Waals surface area contributed by atoms with Crippen molar-refractivity contribution < 1.29 is 17.9 Å². The zero-order valence-electron chi connectivity index (χ0n) is 18.8. The van der Waals surface area contributed by atoms with Crippen LogP contribution in [-0.2, 0) is 14.8 Å². The number of sulfonamides is 1. The Morgan fingerprint density at radius 1 is 1.09 bits per heavy atom. The van der Waals surface area contributed by atoms with Gasteiger partial charge < -0.3 is 4.74 Å². The number of rotatable bonds is 6. The van der Waals surface area contributed by atoms with Crippen molar-refractivity contribution in [1.29, 1.82) is 0 Å². The molecule has 12 heteroatoms. The maximum Gasteiger partial charge on any atom is 0.276 e. The molecule has 1 aliphatic heterocycles. The second kappa shape index (κ2) is 9.66. The number of benzene rings is 1. The molecule has 0 unspecified atom stereocenters. The summed E-state index contributed by atoms with van der Waals surface area (Å²) in [6.07, 6.45) is 1.69. The molecular weight excluding hydrogens is 488 g/mol. The molecule has 0 spiro atoms. The fourth-order valence-corrected chi connectivity index (χ4v) is 5.78. The van der Waals surface area contributed by atoms with Crippen molar-refractivity contribution in [3.05, 3.63) is 71.5 Å². The molecule has 0 aliphatic carbocycles. The number of carbonyl (C=O) groups is 1. The van der Waals surface area contributed by atoms with Crippen molar-refractivity contribution in [2.24, 2.45) is 0 Å². The van der Waals surface area contributed by atoms with Crippen LogP contribution < -0.4 is 5.32 Å². The lowest BCUT2D eigenvalue weighted by Gasteiger charge is -2.26. The number of morpholine rings is 1. The summed E-state index contributed by atoms with van der Waals surface area (Å²) < 4.78 is 33.9. The van der Waals surface area contributed by atoms with Crippen LogP contribution in [0, 0.1) is 6.92 Å². The number of aromatic nitrogens is 4.